The Morgan fingerprint density at radius 2 is 2.12 bits per heavy atom. The number of carbonyl (C=O) groups excluding carboxylic acids is 1. The maximum absolute atomic E-state index is 11.5. The summed E-state index contributed by atoms with van der Waals surface area (Å²) in [6, 6.07) is 8.49. The molecule has 0 aliphatic heterocycles. The molecule has 2 nitrogen and oxygen atoms in total. The van der Waals surface area contributed by atoms with E-state index in [1.165, 1.54) is 23.8 Å². The first-order valence-corrected chi connectivity index (χ1v) is 6.11. The number of benzene rings is 1. The molecule has 2 aliphatic rings. The van der Waals surface area contributed by atoms with Crippen LogP contribution >= 0.6 is 0 Å². The van der Waals surface area contributed by atoms with Crippen molar-refractivity contribution in [3.63, 3.8) is 0 Å². The standard InChI is InChI=1S/C15H16O2/c1-9-7-12(11-6-4-3-5-10(9)11)13-8-14(13)15(16)17-2/h3-7,9,13-14H,8H2,1-2H3. The minimum atomic E-state index is -0.0621. The van der Waals surface area contributed by atoms with Crippen LogP contribution in [0.15, 0.2) is 30.3 Å². The Labute approximate surface area is 101 Å². The fourth-order valence-electron chi connectivity index (χ4n) is 2.88. The molecule has 3 unspecified atom stereocenters. The van der Waals surface area contributed by atoms with Crippen LogP contribution in [0.4, 0.5) is 0 Å². The zero-order valence-electron chi connectivity index (χ0n) is 10.1. The molecule has 0 heterocycles. The van der Waals surface area contributed by atoms with Crippen molar-refractivity contribution in [1.82, 2.24) is 0 Å². The minimum absolute atomic E-state index is 0.0621. The topological polar surface area (TPSA) is 26.3 Å². The normalized spacial score (nSPS) is 29.5. The van der Waals surface area contributed by atoms with E-state index in [0.717, 1.165) is 6.42 Å². The van der Waals surface area contributed by atoms with Crippen LogP contribution in [0, 0.1) is 11.8 Å². The van der Waals surface area contributed by atoms with E-state index in [9.17, 15) is 4.79 Å². The Kier molecular flexibility index (Phi) is 2.32. The molecule has 3 rings (SSSR count). The molecule has 0 amide bonds. The third-order valence-electron chi connectivity index (χ3n) is 3.89. The average Bonchev–Trinajstić information content (AvgIpc) is 3.09. The second-order valence-electron chi connectivity index (χ2n) is 4.97. The van der Waals surface area contributed by atoms with Crippen LogP contribution in [0.2, 0.25) is 0 Å². The van der Waals surface area contributed by atoms with Gasteiger partial charge in [0.15, 0.2) is 0 Å². The maximum Gasteiger partial charge on any atom is 0.309 e. The van der Waals surface area contributed by atoms with Gasteiger partial charge in [-0.15, -0.1) is 0 Å². The van der Waals surface area contributed by atoms with Gasteiger partial charge in [0.1, 0.15) is 0 Å². The molecule has 2 heteroatoms. The Morgan fingerprint density at radius 1 is 1.35 bits per heavy atom. The van der Waals surface area contributed by atoms with Crippen molar-refractivity contribution in [2.75, 3.05) is 7.11 Å². The van der Waals surface area contributed by atoms with Gasteiger partial charge in [-0.1, -0.05) is 37.3 Å². The zero-order valence-corrected chi connectivity index (χ0v) is 10.1. The number of hydrogen-bond acceptors (Lipinski definition) is 2. The molecule has 1 aromatic carbocycles. The van der Waals surface area contributed by atoms with Gasteiger partial charge in [0.05, 0.1) is 13.0 Å². The molecule has 2 aliphatic carbocycles. The predicted molar refractivity (Wildman–Crippen MR) is 66.4 cm³/mol. The number of rotatable bonds is 2. The summed E-state index contributed by atoms with van der Waals surface area (Å²) in [5.41, 5.74) is 4.07. The van der Waals surface area contributed by atoms with Crippen molar-refractivity contribution < 1.29 is 9.53 Å². The number of ether oxygens (including phenoxy) is 1. The van der Waals surface area contributed by atoms with Crippen molar-refractivity contribution in [3.05, 3.63) is 41.5 Å². The van der Waals surface area contributed by atoms with E-state index in [4.69, 9.17) is 4.74 Å². The summed E-state index contributed by atoms with van der Waals surface area (Å²) in [6.07, 6.45) is 3.25. The van der Waals surface area contributed by atoms with Gasteiger partial charge in [0, 0.05) is 5.92 Å². The zero-order chi connectivity index (χ0) is 12.0. The SMILES string of the molecule is COC(=O)C1CC1C1=CC(C)c2ccccc21. The Morgan fingerprint density at radius 3 is 2.88 bits per heavy atom. The molecule has 0 saturated heterocycles. The number of methoxy groups -OCH3 is 1. The van der Waals surface area contributed by atoms with E-state index in [0.29, 0.717) is 11.8 Å². The van der Waals surface area contributed by atoms with E-state index in [1.54, 1.807) is 0 Å². The number of carbonyl (C=O) groups is 1. The largest absolute Gasteiger partial charge is 0.469 e. The van der Waals surface area contributed by atoms with Crippen LogP contribution in [0.3, 0.4) is 0 Å². The van der Waals surface area contributed by atoms with E-state index in [1.807, 2.05) is 0 Å². The Hall–Kier alpha value is -1.57. The lowest BCUT2D eigenvalue weighted by Gasteiger charge is -2.05. The highest BCUT2D eigenvalue weighted by Crippen LogP contribution is 2.53. The van der Waals surface area contributed by atoms with Crippen LogP contribution in [0.25, 0.3) is 5.57 Å². The quantitative estimate of drug-likeness (QED) is 0.727. The number of esters is 1. The molecule has 0 bridgehead atoms. The van der Waals surface area contributed by atoms with Gasteiger partial charge < -0.3 is 4.74 Å². The highest BCUT2D eigenvalue weighted by molar-refractivity contribution is 5.85. The summed E-state index contributed by atoms with van der Waals surface area (Å²) in [5.74, 6) is 0.881. The molecule has 0 aromatic heterocycles. The van der Waals surface area contributed by atoms with Gasteiger partial charge in [0.25, 0.3) is 0 Å². The van der Waals surface area contributed by atoms with Crippen molar-refractivity contribution >= 4 is 11.5 Å². The summed E-state index contributed by atoms with van der Waals surface area (Å²) >= 11 is 0. The van der Waals surface area contributed by atoms with Gasteiger partial charge in [-0.05, 0) is 29.0 Å². The molecule has 88 valence electrons. The van der Waals surface area contributed by atoms with Gasteiger partial charge in [0.2, 0.25) is 0 Å². The molecule has 1 saturated carbocycles. The molecule has 3 atom stereocenters. The van der Waals surface area contributed by atoms with Gasteiger partial charge in [-0.2, -0.15) is 0 Å². The smallest absolute Gasteiger partial charge is 0.309 e. The van der Waals surface area contributed by atoms with Crippen molar-refractivity contribution in [2.45, 2.75) is 19.3 Å². The van der Waals surface area contributed by atoms with E-state index < -0.39 is 0 Å². The molecular weight excluding hydrogens is 212 g/mol. The van der Waals surface area contributed by atoms with Crippen molar-refractivity contribution in [2.24, 2.45) is 11.8 Å². The maximum atomic E-state index is 11.5. The molecule has 1 aromatic rings. The number of fused-ring (bicyclic) bond motifs is 1. The average molecular weight is 228 g/mol. The lowest BCUT2D eigenvalue weighted by molar-refractivity contribution is -0.142. The summed E-state index contributed by atoms with van der Waals surface area (Å²) in [6.45, 7) is 2.21. The minimum Gasteiger partial charge on any atom is -0.469 e. The fourth-order valence-corrected chi connectivity index (χ4v) is 2.88. The molecule has 0 N–H and O–H groups in total. The van der Waals surface area contributed by atoms with Crippen LogP contribution < -0.4 is 0 Å². The summed E-state index contributed by atoms with van der Waals surface area (Å²) in [4.78, 5) is 11.5. The van der Waals surface area contributed by atoms with Crippen LogP contribution in [0.5, 0.6) is 0 Å². The number of allylic oxidation sites excluding steroid dienone is 2. The van der Waals surface area contributed by atoms with Crippen molar-refractivity contribution in [3.8, 4) is 0 Å². The fraction of sp³-hybridized carbons (Fsp3) is 0.400. The van der Waals surface area contributed by atoms with Gasteiger partial charge in [-0.3, -0.25) is 4.79 Å². The summed E-state index contributed by atoms with van der Waals surface area (Å²) < 4.78 is 4.81. The molecular formula is C15H16O2. The summed E-state index contributed by atoms with van der Waals surface area (Å²) in [5, 5.41) is 0. The first-order chi connectivity index (χ1) is 8.22. The van der Waals surface area contributed by atoms with E-state index in [-0.39, 0.29) is 11.9 Å². The van der Waals surface area contributed by atoms with E-state index >= 15 is 0 Å². The van der Waals surface area contributed by atoms with Crippen molar-refractivity contribution in [1.29, 1.82) is 0 Å². The third kappa shape index (κ3) is 1.59. The van der Waals surface area contributed by atoms with Gasteiger partial charge >= 0.3 is 5.97 Å². The Bertz CT molecular complexity index is 501. The first-order valence-electron chi connectivity index (χ1n) is 6.11. The third-order valence-corrected chi connectivity index (χ3v) is 3.89. The molecule has 0 radical (unpaired) electrons. The summed E-state index contributed by atoms with van der Waals surface area (Å²) in [7, 11) is 1.47. The molecule has 17 heavy (non-hydrogen) atoms. The van der Waals surface area contributed by atoms with Gasteiger partial charge in [-0.25, -0.2) is 0 Å². The lowest BCUT2D eigenvalue weighted by atomic mass is 10.00. The predicted octanol–water partition coefficient (Wildman–Crippen LogP) is 3.00. The van der Waals surface area contributed by atoms with Crippen LogP contribution in [-0.4, -0.2) is 13.1 Å². The van der Waals surface area contributed by atoms with Crippen LogP contribution in [-0.2, 0) is 9.53 Å². The first kappa shape index (κ1) is 10.6. The highest BCUT2D eigenvalue weighted by Gasteiger charge is 2.47. The lowest BCUT2D eigenvalue weighted by Crippen LogP contribution is -2.04. The highest BCUT2D eigenvalue weighted by atomic mass is 16.5. The molecule has 1 fully saturated rings. The monoisotopic (exact) mass is 228 g/mol. The second-order valence-corrected chi connectivity index (χ2v) is 4.97. The molecule has 0 spiro atoms. The number of hydrogen-bond donors (Lipinski definition) is 0. The second kappa shape index (κ2) is 3.73. The van der Waals surface area contributed by atoms with E-state index in [2.05, 4.69) is 37.3 Å². The van der Waals surface area contributed by atoms with Crippen LogP contribution in [0.1, 0.15) is 30.4 Å². The Balaban J connectivity index is 1.88.